The SMILES string of the molecule is COc1ccc(-c2cc(-c3ccc(S(=O)(=O)c4ccccc4)cc3)nc3c(N4c5ccccc5Sc5ccccc54)ccc(C)c23)cc1. The first-order chi connectivity index (χ1) is 23.4. The molecule has 8 rings (SSSR count). The van der Waals surface area contributed by atoms with E-state index in [1.165, 1.54) is 9.79 Å². The minimum Gasteiger partial charge on any atom is -0.497 e. The predicted octanol–water partition coefficient (Wildman–Crippen LogP) is 10.7. The largest absolute Gasteiger partial charge is 0.497 e. The molecule has 7 aromatic rings. The Labute approximate surface area is 284 Å². The van der Waals surface area contributed by atoms with Crippen molar-refractivity contribution in [1.29, 1.82) is 0 Å². The molecule has 1 aliphatic heterocycles. The third-order valence-corrected chi connectivity index (χ3v) is 11.7. The number of ether oxygens (including phenoxy) is 1. The number of aryl methyl sites for hydroxylation is 1. The van der Waals surface area contributed by atoms with Crippen molar-refractivity contribution in [2.45, 2.75) is 26.5 Å². The number of nitrogens with zero attached hydrogens (tertiary/aromatic N) is 2. The van der Waals surface area contributed by atoms with Gasteiger partial charge in [0.05, 0.1) is 45.2 Å². The summed E-state index contributed by atoms with van der Waals surface area (Å²) in [6.07, 6.45) is 0. The third-order valence-electron chi connectivity index (χ3n) is 8.74. The Balaban J connectivity index is 1.37. The quantitative estimate of drug-likeness (QED) is 0.177. The maximum absolute atomic E-state index is 13.4. The van der Waals surface area contributed by atoms with E-state index in [-0.39, 0.29) is 9.79 Å². The van der Waals surface area contributed by atoms with Gasteiger partial charge in [-0.05, 0) is 96.4 Å². The van der Waals surface area contributed by atoms with Crippen molar-refractivity contribution in [3.63, 3.8) is 0 Å². The van der Waals surface area contributed by atoms with Crippen LogP contribution in [0.4, 0.5) is 17.1 Å². The van der Waals surface area contributed by atoms with E-state index in [4.69, 9.17) is 9.72 Å². The van der Waals surface area contributed by atoms with Crippen LogP contribution < -0.4 is 9.64 Å². The van der Waals surface area contributed by atoms with Crippen LogP contribution in [-0.2, 0) is 9.84 Å². The molecule has 0 atom stereocenters. The summed E-state index contributed by atoms with van der Waals surface area (Å²) in [5.41, 5.74) is 8.76. The van der Waals surface area contributed by atoms with Gasteiger partial charge in [0.15, 0.2) is 0 Å². The molecule has 0 N–H and O–H groups in total. The molecular formula is C41H30N2O3S2. The first kappa shape index (κ1) is 30.0. The molecule has 0 saturated carbocycles. The van der Waals surface area contributed by atoms with Gasteiger partial charge in [0.25, 0.3) is 0 Å². The van der Waals surface area contributed by atoms with Crippen molar-refractivity contribution in [1.82, 2.24) is 4.98 Å². The first-order valence-corrected chi connectivity index (χ1v) is 17.9. The lowest BCUT2D eigenvalue weighted by Gasteiger charge is -2.33. The highest BCUT2D eigenvalue weighted by Gasteiger charge is 2.27. The monoisotopic (exact) mass is 662 g/mol. The maximum Gasteiger partial charge on any atom is 0.206 e. The van der Waals surface area contributed by atoms with Gasteiger partial charge in [0.1, 0.15) is 5.75 Å². The number of pyridine rings is 1. The Bertz CT molecular complexity index is 2380. The van der Waals surface area contributed by atoms with Crippen LogP contribution in [0.25, 0.3) is 33.3 Å². The smallest absolute Gasteiger partial charge is 0.206 e. The number of hydrogen-bond acceptors (Lipinski definition) is 6. The molecule has 0 radical (unpaired) electrons. The molecule has 1 aromatic heterocycles. The summed E-state index contributed by atoms with van der Waals surface area (Å²) in [5, 5.41) is 1.05. The summed E-state index contributed by atoms with van der Waals surface area (Å²) in [5.74, 6) is 0.781. The highest BCUT2D eigenvalue weighted by Crippen LogP contribution is 2.53. The van der Waals surface area contributed by atoms with Crippen molar-refractivity contribution < 1.29 is 13.2 Å². The Morgan fingerprint density at radius 3 is 1.85 bits per heavy atom. The zero-order valence-electron chi connectivity index (χ0n) is 26.3. The molecule has 0 spiro atoms. The van der Waals surface area contributed by atoms with Gasteiger partial charge in [-0.25, -0.2) is 13.4 Å². The van der Waals surface area contributed by atoms with Gasteiger partial charge in [-0.1, -0.05) is 84.6 Å². The minimum absolute atomic E-state index is 0.240. The average molecular weight is 663 g/mol. The lowest BCUT2D eigenvalue weighted by Crippen LogP contribution is -2.15. The fourth-order valence-corrected chi connectivity index (χ4v) is 8.67. The van der Waals surface area contributed by atoms with Gasteiger partial charge >= 0.3 is 0 Å². The van der Waals surface area contributed by atoms with Crippen LogP contribution in [0.15, 0.2) is 165 Å². The van der Waals surface area contributed by atoms with Crippen LogP contribution in [-0.4, -0.2) is 20.5 Å². The van der Waals surface area contributed by atoms with Crippen molar-refractivity contribution in [2.75, 3.05) is 12.0 Å². The van der Waals surface area contributed by atoms with Gasteiger partial charge in [-0.15, -0.1) is 0 Å². The molecule has 2 heterocycles. The maximum atomic E-state index is 13.4. The van der Waals surface area contributed by atoms with E-state index in [2.05, 4.69) is 90.7 Å². The lowest BCUT2D eigenvalue weighted by molar-refractivity contribution is 0.415. The molecule has 0 amide bonds. The number of para-hydroxylation sites is 2. The number of hydrogen-bond donors (Lipinski definition) is 0. The molecule has 0 saturated heterocycles. The van der Waals surface area contributed by atoms with Crippen LogP contribution in [0, 0.1) is 6.92 Å². The summed E-state index contributed by atoms with van der Waals surface area (Å²) in [7, 11) is -1.99. The van der Waals surface area contributed by atoms with E-state index in [1.807, 2.05) is 30.3 Å². The van der Waals surface area contributed by atoms with E-state index in [0.29, 0.717) is 0 Å². The molecule has 234 valence electrons. The molecule has 0 unspecified atom stereocenters. The number of benzene rings is 6. The van der Waals surface area contributed by atoms with E-state index in [9.17, 15) is 8.42 Å². The Kier molecular flexibility index (Phi) is 7.51. The molecule has 5 nitrogen and oxygen atoms in total. The van der Waals surface area contributed by atoms with E-state index in [0.717, 1.165) is 61.7 Å². The van der Waals surface area contributed by atoms with E-state index >= 15 is 0 Å². The highest BCUT2D eigenvalue weighted by molar-refractivity contribution is 7.99. The molecular weight excluding hydrogens is 633 g/mol. The normalized spacial score (nSPS) is 12.4. The lowest BCUT2D eigenvalue weighted by atomic mass is 9.94. The van der Waals surface area contributed by atoms with Crippen molar-refractivity contribution in [2.24, 2.45) is 0 Å². The second kappa shape index (κ2) is 12.0. The van der Waals surface area contributed by atoms with Gasteiger partial charge in [0.2, 0.25) is 9.84 Å². The highest BCUT2D eigenvalue weighted by atomic mass is 32.2. The van der Waals surface area contributed by atoms with Crippen molar-refractivity contribution in [3.8, 4) is 28.1 Å². The molecule has 48 heavy (non-hydrogen) atoms. The summed E-state index contributed by atoms with van der Waals surface area (Å²) in [6, 6.07) is 47.0. The zero-order valence-corrected chi connectivity index (χ0v) is 27.9. The van der Waals surface area contributed by atoms with E-state index in [1.54, 1.807) is 55.3 Å². The van der Waals surface area contributed by atoms with Crippen LogP contribution in [0.1, 0.15) is 5.56 Å². The van der Waals surface area contributed by atoms with Gasteiger partial charge < -0.3 is 9.64 Å². The van der Waals surface area contributed by atoms with Gasteiger partial charge in [-0.2, -0.15) is 0 Å². The van der Waals surface area contributed by atoms with Gasteiger partial charge in [-0.3, -0.25) is 0 Å². The minimum atomic E-state index is -3.65. The van der Waals surface area contributed by atoms with Crippen LogP contribution >= 0.6 is 11.8 Å². The first-order valence-electron chi connectivity index (χ1n) is 15.6. The standard InChI is InChI=1S/C41H30N2O3S2/c1-27-16-25-37(43-35-12-6-8-14-38(35)47-39-15-9-7-13-36(39)43)41-40(27)33(28-17-21-30(46-2)22-18-28)26-34(42-41)29-19-23-32(24-20-29)48(44,45)31-10-4-3-5-11-31/h3-26H,1-2H3. The summed E-state index contributed by atoms with van der Waals surface area (Å²) >= 11 is 1.77. The number of methoxy groups -OCH3 is 1. The second-order valence-corrected chi connectivity index (χ2v) is 14.7. The predicted molar refractivity (Wildman–Crippen MR) is 195 cm³/mol. The van der Waals surface area contributed by atoms with E-state index < -0.39 is 9.84 Å². The number of aromatic nitrogens is 1. The number of sulfone groups is 1. The third kappa shape index (κ3) is 5.12. The number of fused-ring (bicyclic) bond motifs is 3. The topological polar surface area (TPSA) is 59.5 Å². The van der Waals surface area contributed by atoms with Crippen molar-refractivity contribution in [3.05, 3.63) is 151 Å². The Morgan fingerprint density at radius 2 is 1.21 bits per heavy atom. The molecule has 6 aromatic carbocycles. The fourth-order valence-electron chi connectivity index (χ4n) is 6.33. The summed E-state index contributed by atoms with van der Waals surface area (Å²) < 4.78 is 32.2. The summed E-state index contributed by atoms with van der Waals surface area (Å²) in [6.45, 7) is 2.12. The molecule has 0 fully saturated rings. The molecule has 0 aliphatic carbocycles. The molecule has 0 bridgehead atoms. The van der Waals surface area contributed by atoms with Crippen LogP contribution in [0.3, 0.4) is 0 Å². The second-order valence-electron chi connectivity index (χ2n) is 11.6. The Hall–Kier alpha value is -5.37. The molecule has 1 aliphatic rings. The Morgan fingerprint density at radius 1 is 0.625 bits per heavy atom. The fraction of sp³-hybridized carbons (Fsp3) is 0.0488. The zero-order chi connectivity index (χ0) is 32.8. The number of rotatable bonds is 6. The van der Waals surface area contributed by atoms with Crippen LogP contribution in [0.2, 0.25) is 0 Å². The number of anilines is 3. The van der Waals surface area contributed by atoms with Crippen molar-refractivity contribution >= 4 is 49.6 Å². The van der Waals surface area contributed by atoms with Crippen LogP contribution in [0.5, 0.6) is 5.75 Å². The average Bonchev–Trinajstić information content (AvgIpc) is 3.14. The summed E-state index contributed by atoms with van der Waals surface area (Å²) in [4.78, 5) is 10.5. The van der Waals surface area contributed by atoms with Gasteiger partial charge in [0, 0.05) is 20.7 Å². The molecule has 7 heteroatoms.